The van der Waals surface area contributed by atoms with Gasteiger partial charge in [-0.25, -0.2) is 0 Å². The second kappa shape index (κ2) is 16.7. The fraction of sp³-hybridized carbons (Fsp3) is 0.529. The third-order valence-electron chi connectivity index (χ3n) is 8.05. The van der Waals surface area contributed by atoms with Crippen LogP contribution in [-0.2, 0) is 9.59 Å². The molecule has 0 bridgehead atoms. The molecule has 1 atom stereocenters. The van der Waals surface area contributed by atoms with Crippen LogP contribution in [0.3, 0.4) is 0 Å². The Bertz CT molecular complexity index is 1190. The van der Waals surface area contributed by atoms with Gasteiger partial charge in [0.05, 0.1) is 22.1 Å². The van der Waals surface area contributed by atoms with Gasteiger partial charge >= 0.3 is 0 Å². The van der Waals surface area contributed by atoms with Crippen molar-refractivity contribution < 1.29 is 19.6 Å². The van der Waals surface area contributed by atoms with Gasteiger partial charge in [0.1, 0.15) is 5.76 Å². The highest BCUT2D eigenvalue weighted by Gasteiger charge is 2.47. The van der Waals surface area contributed by atoms with Gasteiger partial charge in [0.15, 0.2) is 0 Å². The average Bonchev–Trinajstić information content (AvgIpc) is 3.22. The van der Waals surface area contributed by atoms with Gasteiger partial charge in [-0.1, -0.05) is 132 Å². The number of nitro benzene ring substituents is 1. The number of hydrogen-bond donors (Lipinski definition) is 1. The average molecular weight is 563 g/mol. The highest BCUT2D eigenvalue weighted by molar-refractivity contribution is 6.46. The molecule has 1 unspecified atom stereocenters. The number of amides is 1. The minimum absolute atomic E-state index is 0.0986. The Morgan fingerprint density at radius 2 is 1.32 bits per heavy atom. The number of nitrogens with zero attached hydrogens (tertiary/aromatic N) is 2. The van der Waals surface area contributed by atoms with E-state index in [1.165, 1.54) is 75.2 Å². The summed E-state index contributed by atoms with van der Waals surface area (Å²) in [6, 6.07) is 12.1. The molecule has 1 aliphatic rings. The fourth-order valence-corrected chi connectivity index (χ4v) is 5.66. The van der Waals surface area contributed by atoms with E-state index in [1.807, 2.05) is 6.92 Å². The number of likely N-dealkylation sites (tertiary alicyclic amines) is 1. The molecule has 1 saturated heterocycles. The van der Waals surface area contributed by atoms with Gasteiger partial charge in [0.2, 0.25) is 0 Å². The zero-order valence-electron chi connectivity index (χ0n) is 24.8. The molecular weight excluding hydrogens is 516 g/mol. The number of aliphatic hydroxyl groups excluding tert-OH is 1. The maximum absolute atomic E-state index is 13.2. The van der Waals surface area contributed by atoms with E-state index in [0.29, 0.717) is 18.5 Å². The number of ketones is 1. The molecule has 1 amide bonds. The molecule has 0 saturated carbocycles. The van der Waals surface area contributed by atoms with Crippen molar-refractivity contribution in [2.75, 3.05) is 6.54 Å². The van der Waals surface area contributed by atoms with E-state index in [4.69, 9.17) is 0 Å². The Balaban J connectivity index is 1.61. The smallest absolute Gasteiger partial charge is 0.295 e. The second-order valence-electron chi connectivity index (χ2n) is 11.3. The highest BCUT2D eigenvalue weighted by Crippen LogP contribution is 2.42. The first-order valence-electron chi connectivity index (χ1n) is 15.5. The lowest BCUT2D eigenvalue weighted by Crippen LogP contribution is -2.31. The summed E-state index contributed by atoms with van der Waals surface area (Å²) in [5, 5.41) is 23.1. The first kappa shape index (κ1) is 32.0. The molecule has 0 aliphatic carbocycles. The zero-order chi connectivity index (χ0) is 29.6. The standard InChI is InChI=1S/C34H46N2O5/c1-3-4-5-6-7-8-9-10-11-12-13-14-15-18-25-35-31(28-19-16-17-20-29(28)36(40)41)30(33(38)34(35)39)32(37)27-23-21-26(2)22-24-27/h16-17,19-24,31,37H,3-15,18,25H2,1-2H3. The van der Waals surface area contributed by atoms with Crippen LogP contribution < -0.4 is 0 Å². The first-order chi connectivity index (χ1) is 19.9. The lowest BCUT2D eigenvalue weighted by Gasteiger charge is -2.25. The first-order valence-corrected chi connectivity index (χ1v) is 15.5. The summed E-state index contributed by atoms with van der Waals surface area (Å²) in [6.07, 6.45) is 16.9. The molecule has 2 aromatic carbocycles. The summed E-state index contributed by atoms with van der Waals surface area (Å²) in [6.45, 7) is 4.45. The van der Waals surface area contributed by atoms with E-state index in [9.17, 15) is 24.8 Å². The van der Waals surface area contributed by atoms with Gasteiger partial charge < -0.3 is 10.0 Å². The largest absolute Gasteiger partial charge is 0.507 e. The molecule has 222 valence electrons. The summed E-state index contributed by atoms with van der Waals surface area (Å²) < 4.78 is 0. The van der Waals surface area contributed by atoms with Crippen molar-refractivity contribution in [2.24, 2.45) is 0 Å². The fourth-order valence-electron chi connectivity index (χ4n) is 5.66. The van der Waals surface area contributed by atoms with Crippen LogP contribution in [0.25, 0.3) is 5.76 Å². The molecule has 1 N–H and O–H groups in total. The van der Waals surface area contributed by atoms with E-state index >= 15 is 0 Å². The van der Waals surface area contributed by atoms with Gasteiger partial charge in [-0.2, -0.15) is 0 Å². The van der Waals surface area contributed by atoms with Crippen molar-refractivity contribution in [2.45, 2.75) is 110 Å². The summed E-state index contributed by atoms with van der Waals surface area (Å²) in [7, 11) is 0. The van der Waals surface area contributed by atoms with Crippen molar-refractivity contribution in [1.82, 2.24) is 4.90 Å². The van der Waals surface area contributed by atoms with E-state index < -0.39 is 22.7 Å². The molecule has 1 fully saturated rings. The number of Topliss-reactive ketones (excluding diaryl/α,β-unsaturated/α-hetero) is 1. The number of nitro groups is 1. The molecular formula is C34H46N2O5. The number of benzene rings is 2. The maximum Gasteiger partial charge on any atom is 0.295 e. The summed E-state index contributed by atoms with van der Waals surface area (Å²) in [4.78, 5) is 39.2. The van der Waals surface area contributed by atoms with E-state index in [1.54, 1.807) is 42.5 Å². The molecule has 1 aliphatic heterocycles. The van der Waals surface area contributed by atoms with Crippen molar-refractivity contribution in [1.29, 1.82) is 0 Å². The molecule has 7 heteroatoms. The maximum atomic E-state index is 13.2. The Morgan fingerprint density at radius 3 is 1.85 bits per heavy atom. The van der Waals surface area contributed by atoms with Gasteiger partial charge in [-0.3, -0.25) is 19.7 Å². The van der Waals surface area contributed by atoms with Crippen molar-refractivity contribution in [3.8, 4) is 0 Å². The van der Waals surface area contributed by atoms with Gasteiger partial charge in [-0.05, 0) is 19.4 Å². The van der Waals surface area contributed by atoms with Crippen LogP contribution in [0.1, 0.15) is 120 Å². The number of para-hydroxylation sites is 1. The molecule has 1 heterocycles. The van der Waals surface area contributed by atoms with Crippen LogP contribution in [0.5, 0.6) is 0 Å². The predicted octanol–water partition coefficient (Wildman–Crippen LogP) is 8.81. The third kappa shape index (κ3) is 9.00. The summed E-state index contributed by atoms with van der Waals surface area (Å²) in [5.74, 6) is -1.84. The third-order valence-corrected chi connectivity index (χ3v) is 8.05. The van der Waals surface area contributed by atoms with Crippen molar-refractivity contribution in [3.05, 3.63) is 80.9 Å². The normalized spacial score (nSPS) is 16.4. The van der Waals surface area contributed by atoms with E-state index in [0.717, 1.165) is 24.8 Å². The monoisotopic (exact) mass is 562 g/mol. The van der Waals surface area contributed by atoms with Crippen LogP contribution in [0.4, 0.5) is 5.69 Å². The van der Waals surface area contributed by atoms with Crippen LogP contribution in [-0.4, -0.2) is 33.2 Å². The number of hydrogen-bond acceptors (Lipinski definition) is 5. The molecule has 2 aromatic rings. The number of carbonyl (C=O) groups excluding carboxylic acids is 2. The molecule has 7 nitrogen and oxygen atoms in total. The topological polar surface area (TPSA) is 101 Å². The SMILES string of the molecule is CCCCCCCCCCCCCCCCN1C(=O)C(=O)C(=C(O)c2ccc(C)cc2)C1c1ccccc1[N+](=O)[O-]. The van der Waals surface area contributed by atoms with Gasteiger partial charge in [-0.15, -0.1) is 0 Å². The van der Waals surface area contributed by atoms with Crippen LogP contribution >= 0.6 is 0 Å². The number of aliphatic hydroxyl groups is 1. The highest BCUT2D eigenvalue weighted by atomic mass is 16.6. The quantitative estimate of drug-likeness (QED) is 0.0488. The second-order valence-corrected chi connectivity index (χ2v) is 11.3. The van der Waals surface area contributed by atoms with Gasteiger partial charge in [0.25, 0.3) is 17.4 Å². The molecule has 0 aromatic heterocycles. The molecule has 0 spiro atoms. The Hall–Kier alpha value is -3.48. The number of rotatable bonds is 18. The van der Waals surface area contributed by atoms with E-state index in [-0.39, 0.29) is 22.6 Å². The van der Waals surface area contributed by atoms with Crippen LogP contribution in [0.2, 0.25) is 0 Å². The van der Waals surface area contributed by atoms with Crippen molar-refractivity contribution >= 4 is 23.1 Å². The van der Waals surface area contributed by atoms with Crippen LogP contribution in [0, 0.1) is 17.0 Å². The molecule has 41 heavy (non-hydrogen) atoms. The predicted molar refractivity (Wildman–Crippen MR) is 164 cm³/mol. The summed E-state index contributed by atoms with van der Waals surface area (Å²) >= 11 is 0. The Morgan fingerprint density at radius 1 is 0.805 bits per heavy atom. The number of carbonyl (C=O) groups is 2. The molecule has 0 radical (unpaired) electrons. The Labute approximate surface area is 244 Å². The minimum Gasteiger partial charge on any atom is -0.507 e. The minimum atomic E-state index is -1.01. The summed E-state index contributed by atoms with van der Waals surface area (Å²) in [5.41, 5.74) is 1.33. The van der Waals surface area contributed by atoms with Crippen LogP contribution in [0.15, 0.2) is 54.1 Å². The number of unbranched alkanes of at least 4 members (excludes halogenated alkanes) is 13. The lowest BCUT2D eigenvalue weighted by atomic mass is 9.94. The van der Waals surface area contributed by atoms with Gasteiger partial charge in [0, 0.05) is 18.2 Å². The molecule has 3 rings (SSSR count). The Kier molecular flexibility index (Phi) is 13.1. The zero-order valence-corrected chi connectivity index (χ0v) is 24.8. The van der Waals surface area contributed by atoms with Crippen molar-refractivity contribution in [3.63, 3.8) is 0 Å². The van der Waals surface area contributed by atoms with E-state index in [2.05, 4.69) is 6.92 Å². The lowest BCUT2D eigenvalue weighted by molar-refractivity contribution is -0.385. The number of aryl methyl sites for hydroxylation is 1.